The number of amides is 1. The third kappa shape index (κ3) is 6.93. The number of carbonyl (C=O) groups is 1. The zero-order valence-corrected chi connectivity index (χ0v) is 10.3. The average molecular weight is 199 g/mol. The molecular formula is C12H25NO. The summed E-state index contributed by atoms with van der Waals surface area (Å²) in [7, 11) is 0. The van der Waals surface area contributed by atoms with E-state index in [9.17, 15) is 4.79 Å². The van der Waals surface area contributed by atoms with Crippen molar-refractivity contribution in [2.24, 2.45) is 11.8 Å². The lowest BCUT2D eigenvalue weighted by Crippen LogP contribution is -2.35. The van der Waals surface area contributed by atoms with Crippen molar-refractivity contribution in [3.63, 3.8) is 0 Å². The molecule has 0 aliphatic heterocycles. The van der Waals surface area contributed by atoms with Crippen LogP contribution in [0, 0.1) is 11.8 Å². The van der Waals surface area contributed by atoms with Crippen molar-refractivity contribution >= 4 is 5.91 Å². The van der Waals surface area contributed by atoms with Gasteiger partial charge in [0, 0.05) is 12.0 Å². The van der Waals surface area contributed by atoms with Gasteiger partial charge in [-0.05, 0) is 19.3 Å². The first kappa shape index (κ1) is 13.5. The van der Waals surface area contributed by atoms with Gasteiger partial charge in [0.1, 0.15) is 0 Å². The molecule has 0 saturated heterocycles. The van der Waals surface area contributed by atoms with Crippen molar-refractivity contribution in [2.45, 2.75) is 59.9 Å². The Morgan fingerprint density at radius 3 is 2.07 bits per heavy atom. The highest BCUT2D eigenvalue weighted by Crippen LogP contribution is 2.08. The van der Waals surface area contributed by atoms with Gasteiger partial charge in [0.05, 0.1) is 0 Å². The van der Waals surface area contributed by atoms with E-state index >= 15 is 0 Å². The van der Waals surface area contributed by atoms with Crippen LogP contribution < -0.4 is 5.32 Å². The molecule has 2 nitrogen and oxygen atoms in total. The van der Waals surface area contributed by atoms with Crippen molar-refractivity contribution in [3.8, 4) is 0 Å². The zero-order chi connectivity index (χ0) is 11.1. The molecule has 0 aromatic rings. The summed E-state index contributed by atoms with van der Waals surface area (Å²) < 4.78 is 0. The Bertz CT molecular complexity index is 164. The van der Waals surface area contributed by atoms with Crippen LogP contribution in [0.1, 0.15) is 53.9 Å². The summed E-state index contributed by atoms with van der Waals surface area (Å²) >= 11 is 0. The van der Waals surface area contributed by atoms with Crippen LogP contribution in [0.15, 0.2) is 0 Å². The quantitative estimate of drug-likeness (QED) is 0.700. The molecule has 0 spiro atoms. The maximum absolute atomic E-state index is 11.3. The van der Waals surface area contributed by atoms with Crippen LogP contribution in [0.25, 0.3) is 0 Å². The van der Waals surface area contributed by atoms with Gasteiger partial charge >= 0.3 is 0 Å². The zero-order valence-electron chi connectivity index (χ0n) is 10.3. The summed E-state index contributed by atoms with van der Waals surface area (Å²) in [6, 6.07) is 0.323. The largest absolute Gasteiger partial charge is 0.353 e. The molecule has 1 N–H and O–H groups in total. The van der Waals surface area contributed by atoms with Gasteiger partial charge in [0.25, 0.3) is 0 Å². The molecule has 0 aliphatic rings. The fraction of sp³-hybridized carbons (Fsp3) is 0.917. The highest BCUT2D eigenvalue weighted by molar-refractivity contribution is 5.78. The number of carbonyl (C=O) groups excluding carboxylic acids is 1. The lowest BCUT2D eigenvalue weighted by atomic mass is 10.0. The molecule has 0 aromatic carbocycles. The molecule has 1 amide bonds. The maximum Gasteiger partial charge on any atom is 0.222 e. The van der Waals surface area contributed by atoms with Gasteiger partial charge in [-0.2, -0.15) is 0 Å². The second-order valence-corrected chi connectivity index (χ2v) is 4.89. The molecule has 1 atom stereocenters. The van der Waals surface area contributed by atoms with Crippen LogP contribution in [0.2, 0.25) is 0 Å². The molecule has 0 aromatic heterocycles. The van der Waals surface area contributed by atoms with Gasteiger partial charge in [-0.3, -0.25) is 4.79 Å². The van der Waals surface area contributed by atoms with Crippen LogP contribution in [0.3, 0.4) is 0 Å². The standard InChI is InChI=1S/C12H25NO/c1-9(2)7-6-8-11(5)13-12(14)10(3)4/h9-11H,6-8H2,1-5H3,(H,13,14)/t11-/m0/s1. The summed E-state index contributed by atoms with van der Waals surface area (Å²) in [6.45, 7) is 10.4. The van der Waals surface area contributed by atoms with Crippen molar-refractivity contribution in [3.05, 3.63) is 0 Å². The monoisotopic (exact) mass is 199 g/mol. The summed E-state index contributed by atoms with van der Waals surface area (Å²) in [4.78, 5) is 11.3. The SMILES string of the molecule is CC(C)CCC[C@H](C)NC(=O)C(C)C. The lowest BCUT2D eigenvalue weighted by molar-refractivity contribution is -0.124. The van der Waals surface area contributed by atoms with Crippen LogP contribution >= 0.6 is 0 Å². The molecule has 0 bridgehead atoms. The van der Waals surface area contributed by atoms with Gasteiger partial charge in [0.15, 0.2) is 0 Å². The van der Waals surface area contributed by atoms with E-state index in [0.717, 1.165) is 12.3 Å². The minimum atomic E-state index is 0.0996. The highest BCUT2D eigenvalue weighted by Gasteiger charge is 2.10. The molecule has 0 radical (unpaired) electrons. The van der Waals surface area contributed by atoms with Crippen LogP contribution in [-0.2, 0) is 4.79 Å². The van der Waals surface area contributed by atoms with Crippen molar-refractivity contribution in [1.82, 2.24) is 5.32 Å². The van der Waals surface area contributed by atoms with E-state index in [1.165, 1.54) is 12.8 Å². The molecule has 0 fully saturated rings. The van der Waals surface area contributed by atoms with E-state index in [-0.39, 0.29) is 11.8 Å². The maximum atomic E-state index is 11.3. The van der Waals surface area contributed by atoms with Gasteiger partial charge < -0.3 is 5.32 Å². The first-order chi connectivity index (χ1) is 6.43. The summed E-state index contributed by atoms with van der Waals surface area (Å²) in [5, 5.41) is 3.01. The number of rotatable bonds is 6. The average Bonchev–Trinajstić information content (AvgIpc) is 2.02. The van der Waals surface area contributed by atoms with Crippen molar-refractivity contribution in [2.75, 3.05) is 0 Å². The van der Waals surface area contributed by atoms with E-state index in [2.05, 4.69) is 26.1 Å². The van der Waals surface area contributed by atoms with E-state index in [1.807, 2.05) is 13.8 Å². The highest BCUT2D eigenvalue weighted by atomic mass is 16.1. The Kier molecular flexibility index (Phi) is 6.60. The lowest BCUT2D eigenvalue weighted by Gasteiger charge is -2.15. The van der Waals surface area contributed by atoms with Gasteiger partial charge in [0.2, 0.25) is 5.91 Å². The van der Waals surface area contributed by atoms with E-state index < -0.39 is 0 Å². The van der Waals surface area contributed by atoms with Gasteiger partial charge in [-0.25, -0.2) is 0 Å². The van der Waals surface area contributed by atoms with Crippen LogP contribution in [0.5, 0.6) is 0 Å². The second-order valence-electron chi connectivity index (χ2n) is 4.89. The number of hydrogen-bond acceptors (Lipinski definition) is 1. The van der Waals surface area contributed by atoms with Gasteiger partial charge in [-0.15, -0.1) is 0 Å². The normalized spacial score (nSPS) is 13.4. The predicted octanol–water partition coefficient (Wildman–Crippen LogP) is 2.97. The smallest absolute Gasteiger partial charge is 0.222 e. The summed E-state index contributed by atoms with van der Waals surface area (Å²) in [6.07, 6.45) is 3.55. The topological polar surface area (TPSA) is 29.1 Å². The Labute approximate surface area is 88.5 Å². The van der Waals surface area contributed by atoms with E-state index in [1.54, 1.807) is 0 Å². The fourth-order valence-electron chi connectivity index (χ4n) is 1.31. The minimum Gasteiger partial charge on any atom is -0.353 e. The molecule has 2 heteroatoms. The van der Waals surface area contributed by atoms with Crippen molar-refractivity contribution in [1.29, 1.82) is 0 Å². The molecule has 14 heavy (non-hydrogen) atoms. The van der Waals surface area contributed by atoms with Gasteiger partial charge in [-0.1, -0.05) is 40.5 Å². The second kappa shape index (κ2) is 6.86. The third-order valence-corrected chi connectivity index (χ3v) is 2.33. The molecule has 0 rings (SSSR count). The van der Waals surface area contributed by atoms with Crippen molar-refractivity contribution < 1.29 is 4.79 Å². The molecule has 0 unspecified atom stereocenters. The Balaban J connectivity index is 3.55. The Morgan fingerprint density at radius 2 is 1.64 bits per heavy atom. The van der Waals surface area contributed by atoms with Crippen LogP contribution in [0.4, 0.5) is 0 Å². The first-order valence-corrected chi connectivity index (χ1v) is 5.73. The number of nitrogens with one attached hydrogen (secondary N) is 1. The third-order valence-electron chi connectivity index (χ3n) is 2.33. The molecule has 84 valence electrons. The molecule has 0 saturated carbocycles. The predicted molar refractivity (Wildman–Crippen MR) is 61.1 cm³/mol. The van der Waals surface area contributed by atoms with E-state index in [0.29, 0.717) is 6.04 Å². The summed E-state index contributed by atoms with van der Waals surface area (Å²) in [5.74, 6) is 1.03. The Hall–Kier alpha value is -0.530. The van der Waals surface area contributed by atoms with Crippen LogP contribution in [-0.4, -0.2) is 11.9 Å². The fourth-order valence-corrected chi connectivity index (χ4v) is 1.31. The first-order valence-electron chi connectivity index (χ1n) is 5.73. The molecular weight excluding hydrogens is 174 g/mol. The van der Waals surface area contributed by atoms with E-state index in [4.69, 9.17) is 0 Å². The molecule has 0 aliphatic carbocycles. The summed E-state index contributed by atoms with van der Waals surface area (Å²) in [5.41, 5.74) is 0. The Morgan fingerprint density at radius 1 is 1.07 bits per heavy atom. The minimum absolute atomic E-state index is 0.0996. The number of hydrogen-bond donors (Lipinski definition) is 1. The molecule has 0 heterocycles.